The minimum absolute atomic E-state index is 0.0720. The lowest BCUT2D eigenvalue weighted by Crippen LogP contribution is -2.20. The van der Waals surface area contributed by atoms with Gasteiger partial charge in [0.15, 0.2) is 6.61 Å². The highest BCUT2D eigenvalue weighted by molar-refractivity contribution is 5.92. The second kappa shape index (κ2) is 9.34. The summed E-state index contributed by atoms with van der Waals surface area (Å²) in [5.41, 5.74) is 1.02. The minimum Gasteiger partial charge on any atom is -0.484 e. The molecule has 0 fully saturated rings. The lowest BCUT2D eigenvalue weighted by molar-refractivity contribution is -0.118. The molecule has 1 amide bonds. The van der Waals surface area contributed by atoms with E-state index in [1.54, 1.807) is 24.3 Å². The van der Waals surface area contributed by atoms with Crippen molar-refractivity contribution in [3.63, 3.8) is 0 Å². The second-order valence-electron chi connectivity index (χ2n) is 6.97. The van der Waals surface area contributed by atoms with Gasteiger partial charge in [-0.15, -0.1) is 0 Å². The molecule has 0 atom stereocenters. The maximum absolute atomic E-state index is 13.6. The highest BCUT2D eigenvalue weighted by Gasteiger charge is 2.13. The Kier molecular flexibility index (Phi) is 6.17. The van der Waals surface area contributed by atoms with Crippen molar-refractivity contribution in [2.45, 2.75) is 13.3 Å². The smallest absolute Gasteiger partial charge is 0.262 e. The number of carbonyl (C=O) groups is 1. The Balaban J connectivity index is 1.48. The monoisotopic (exact) mass is 433 g/mol. The number of halogens is 1. The van der Waals surface area contributed by atoms with Crippen molar-refractivity contribution in [2.24, 2.45) is 0 Å². The van der Waals surface area contributed by atoms with Crippen LogP contribution in [0.3, 0.4) is 0 Å². The zero-order valence-electron chi connectivity index (χ0n) is 17.3. The molecule has 0 radical (unpaired) electrons. The highest BCUT2D eigenvalue weighted by atomic mass is 19.1. The number of rotatable bonds is 7. The first-order chi connectivity index (χ1) is 15.5. The predicted molar refractivity (Wildman–Crippen MR) is 119 cm³/mol. The molecule has 0 spiro atoms. The van der Waals surface area contributed by atoms with Crippen molar-refractivity contribution in [3.05, 3.63) is 94.6 Å². The predicted octanol–water partition coefficient (Wildman–Crippen LogP) is 5.30. The molecule has 0 saturated carbocycles. The molecular formula is C25H20FNO5. The molecule has 0 unspecified atom stereocenters. The summed E-state index contributed by atoms with van der Waals surface area (Å²) in [6.07, 6.45) is 2.02. The van der Waals surface area contributed by atoms with Crippen molar-refractivity contribution < 1.29 is 23.1 Å². The molecule has 0 bridgehead atoms. The first-order valence-corrected chi connectivity index (χ1v) is 10.0. The lowest BCUT2D eigenvalue weighted by Gasteiger charge is -2.10. The molecule has 1 heterocycles. The van der Waals surface area contributed by atoms with Crippen LogP contribution < -0.4 is 20.2 Å². The summed E-state index contributed by atoms with van der Waals surface area (Å²) in [4.78, 5) is 24.9. The van der Waals surface area contributed by atoms with Crippen LogP contribution in [0.2, 0.25) is 0 Å². The minimum atomic E-state index is -0.534. The average Bonchev–Trinajstić information content (AvgIpc) is 2.81. The normalized spacial score (nSPS) is 10.7. The molecule has 7 heteroatoms. The van der Waals surface area contributed by atoms with E-state index in [4.69, 9.17) is 13.9 Å². The Hall–Kier alpha value is -4.13. The van der Waals surface area contributed by atoms with Crippen molar-refractivity contribution >= 4 is 22.6 Å². The zero-order chi connectivity index (χ0) is 22.5. The number of benzene rings is 3. The number of hydrogen-bond acceptors (Lipinski definition) is 5. The summed E-state index contributed by atoms with van der Waals surface area (Å²) in [5.74, 6) is -0.0453. The maximum Gasteiger partial charge on any atom is 0.262 e. The summed E-state index contributed by atoms with van der Waals surface area (Å²) < 4.78 is 30.5. The number of carbonyl (C=O) groups excluding carboxylic acids is 1. The van der Waals surface area contributed by atoms with E-state index in [1.807, 2.05) is 25.1 Å². The van der Waals surface area contributed by atoms with Gasteiger partial charge in [-0.1, -0.05) is 37.3 Å². The zero-order valence-corrected chi connectivity index (χ0v) is 17.3. The Morgan fingerprint density at radius 1 is 1.03 bits per heavy atom. The van der Waals surface area contributed by atoms with Gasteiger partial charge in [0.2, 0.25) is 11.2 Å². The van der Waals surface area contributed by atoms with Crippen molar-refractivity contribution in [2.75, 3.05) is 11.9 Å². The Labute approximate surface area is 183 Å². The van der Waals surface area contributed by atoms with E-state index in [0.717, 1.165) is 12.0 Å². The molecular weight excluding hydrogens is 413 g/mol. The molecule has 1 N–H and O–H groups in total. The van der Waals surface area contributed by atoms with Crippen molar-refractivity contribution in [1.29, 1.82) is 0 Å². The third kappa shape index (κ3) is 4.62. The summed E-state index contributed by atoms with van der Waals surface area (Å²) in [7, 11) is 0. The Morgan fingerprint density at radius 3 is 2.62 bits per heavy atom. The standard InChI is InChI=1S/C25H20FNO5/c1-2-16-7-3-6-10-21(16)32-23-14-31-22-13-17(11-12-18(22)25(23)29)30-15-24(28)27-20-9-5-4-8-19(20)26/h3-14H,2,15H2,1H3,(H,27,28). The summed E-state index contributed by atoms with van der Waals surface area (Å²) >= 11 is 0. The van der Waals surface area contributed by atoms with Crippen molar-refractivity contribution in [1.82, 2.24) is 0 Å². The van der Waals surface area contributed by atoms with Gasteiger partial charge in [0.25, 0.3) is 5.91 Å². The van der Waals surface area contributed by atoms with Gasteiger partial charge in [0.1, 0.15) is 29.2 Å². The van der Waals surface area contributed by atoms with Gasteiger partial charge in [-0.3, -0.25) is 9.59 Å². The fourth-order valence-electron chi connectivity index (χ4n) is 3.16. The Bertz CT molecular complexity index is 1330. The molecule has 0 aliphatic heterocycles. The van der Waals surface area contributed by atoms with E-state index in [-0.39, 0.29) is 29.1 Å². The van der Waals surface area contributed by atoms with Gasteiger partial charge < -0.3 is 19.2 Å². The molecule has 0 aliphatic carbocycles. The number of hydrogen-bond donors (Lipinski definition) is 1. The molecule has 1 aromatic heterocycles. The molecule has 32 heavy (non-hydrogen) atoms. The number of anilines is 1. The average molecular weight is 433 g/mol. The number of aryl methyl sites for hydroxylation is 1. The highest BCUT2D eigenvalue weighted by Crippen LogP contribution is 2.26. The van der Waals surface area contributed by atoms with Gasteiger partial charge in [-0.05, 0) is 42.3 Å². The van der Waals surface area contributed by atoms with Crippen LogP contribution >= 0.6 is 0 Å². The molecule has 4 rings (SSSR count). The molecule has 4 aromatic rings. The van der Waals surface area contributed by atoms with Crippen LogP contribution in [0.25, 0.3) is 11.0 Å². The van der Waals surface area contributed by atoms with Gasteiger partial charge in [0, 0.05) is 6.07 Å². The maximum atomic E-state index is 13.6. The molecule has 0 aliphatic rings. The third-order valence-electron chi connectivity index (χ3n) is 4.81. The quantitative estimate of drug-likeness (QED) is 0.428. The molecule has 3 aromatic carbocycles. The number of fused-ring (bicyclic) bond motifs is 1. The largest absolute Gasteiger partial charge is 0.484 e. The number of nitrogens with one attached hydrogen (secondary N) is 1. The van der Waals surface area contributed by atoms with Crippen LogP contribution in [0.4, 0.5) is 10.1 Å². The van der Waals surface area contributed by atoms with E-state index < -0.39 is 11.7 Å². The summed E-state index contributed by atoms with van der Waals surface area (Å²) in [6.45, 7) is 1.67. The van der Waals surface area contributed by atoms with E-state index in [0.29, 0.717) is 16.9 Å². The fourth-order valence-corrected chi connectivity index (χ4v) is 3.16. The first-order valence-electron chi connectivity index (χ1n) is 10.0. The van der Waals surface area contributed by atoms with Gasteiger partial charge in [-0.25, -0.2) is 4.39 Å². The van der Waals surface area contributed by atoms with Gasteiger partial charge in [0.05, 0.1) is 11.1 Å². The molecule has 0 saturated heterocycles. The van der Waals surface area contributed by atoms with Gasteiger partial charge in [-0.2, -0.15) is 0 Å². The van der Waals surface area contributed by atoms with Crippen LogP contribution in [0.5, 0.6) is 17.2 Å². The van der Waals surface area contributed by atoms with Crippen LogP contribution in [0.1, 0.15) is 12.5 Å². The van der Waals surface area contributed by atoms with Crippen LogP contribution in [-0.4, -0.2) is 12.5 Å². The third-order valence-corrected chi connectivity index (χ3v) is 4.81. The summed E-state index contributed by atoms with van der Waals surface area (Å²) in [6, 6.07) is 17.9. The number of ether oxygens (including phenoxy) is 2. The lowest BCUT2D eigenvalue weighted by atomic mass is 10.1. The van der Waals surface area contributed by atoms with Crippen LogP contribution in [0, 0.1) is 5.82 Å². The van der Waals surface area contributed by atoms with E-state index in [9.17, 15) is 14.0 Å². The molecule has 6 nitrogen and oxygen atoms in total. The first kappa shape index (κ1) is 21.1. The topological polar surface area (TPSA) is 77.8 Å². The van der Waals surface area contributed by atoms with Gasteiger partial charge >= 0.3 is 0 Å². The van der Waals surface area contributed by atoms with Crippen LogP contribution in [0.15, 0.2) is 82.2 Å². The van der Waals surface area contributed by atoms with Crippen molar-refractivity contribution in [3.8, 4) is 17.2 Å². The van der Waals surface area contributed by atoms with Crippen LogP contribution in [-0.2, 0) is 11.2 Å². The number of amides is 1. The van der Waals surface area contributed by atoms with E-state index in [1.165, 1.54) is 30.5 Å². The van der Waals surface area contributed by atoms with E-state index >= 15 is 0 Å². The van der Waals surface area contributed by atoms with E-state index in [2.05, 4.69) is 5.32 Å². The summed E-state index contributed by atoms with van der Waals surface area (Å²) in [5, 5.41) is 2.76. The fraction of sp³-hybridized carbons (Fsp3) is 0.120. The molecule has 162 valence electrons. The number of para-hydroxylation sites is 2. The SMILES string of the molecule is CCc1ccccc1Oc1coc2cc(OCC(=O)Nc3ccccc3F)ccc2c1=O. The second-order valence-corrected chi connectivity index (χ2v) is 6.97. The Morgan fingerprint density at radius 2 is 1.81 bits per heavy atom.